The van der Waals surface area contributed by atoms with E-state index in [1.54, 1.807) is 0 Å². The van der Waals surface area contributed by atoms with Crippen molar-refractivity contribution < 1.29 is 49.0 Å². The van der Waals surface area contributed by atoms with Crippen molar-refractivity contribution in [2.45, 2.75) is 0 Å². The largest absolute Gasteiger partial charge is 0.299 e. The van der Waals surface area contributed by atoms with Gasteiger partial charge in [-0.2, -0.15) is 8.42 Å². The minimum atomic E-state index is -2.61. The molecule has 0 fully saturated rings. The van der Waals surface area contributed by atoms with E-state index in [1.165, 1.54) is 0 Å². The van der Waals surface area contributed by atoms with Crippen LogP contribution < -0.4 is 0 Å². The zero-order valence-corrected chi connectivity index (χ0v) is 16.5. The molecule has 12 heteroatoms. The minimum Gasteiger partial charge on any atom is -0.284 e. The molecule has 12 heavy (non-hydrogen) atoms. The number of hydrogen-bond donors (Lipinski definition) is 4. The standard InChI is InChI=1S/Au.3Na.2H2O3S/c;;;;2*1-4(2)3/h;;;;2*(H2,1,2,3). The summed E-state index contributed by atoms with van der Waals surface area (Å²) in [6.07, 6.45) is 0. The normalized spacial score (nSPS) is 5.83. The summed E-state index contributed by atoms with van der Waals surface area (Å²) in [5.74, 6) is 0. The van der Waals surface area contributed by atoms with Gasteiger partial charge in [-0.1, -0.05) is 0 Å². The Hall–Kier alpha value is 3.88. The number of rotatable bonds is 0. The van der Waals surface area contributed by atoms with Gasteiger partial charge in [-0.05, 0) is 0 Å². The van der Waals surface area contributed by atoms with Crippen molar-refractivity contribution in [3.63, 3.8) is 0 Å². The van der Waals surface area contributed by atoms with Gasteiger partial charge >= 0.3 is 0 Å². The van der Waals surface area contributed by atoms with Gasteiger partial charge < -0.3 is 0 Å². The Morgan fingerprint density at radius 3 is 0.667 bits per heavy atom. The predicted molar refractivity (Wildman–Crippen MR) is 44.1 cm³/mol. The van der Waals surface area contributed by atoms with E-state index in [0.29, 0.717) is 0 Å². The smallest absolute Gasteiger partial charge is 0.284 e. The molecule has 4 radical (unpaired) electrons. The van der Waals surface area contributed by atoms with Crippen LogP contribution in [-0.2, 0) is 45.1 Å². The fourth-order valence-electron chi connectivity index (χ4n) is 0. The van der Waals surface area contributed by atoms with Crippen molar-refractivity contribution in [2.75, 3.05) is 0 Å². The fraction of sp³-hybridized carbons (Fsp3) is 0. The average Bonchev–Trinajstić information content (AvgIpc) is 1.25. The number of hydrogen-bond acceptors (Lipinski definition) is 2. The third kappa shape index (κ3) is 153. The van der Waals surface area contributed by atoms with Gasteiger partial charge in [0.25, 0.3) is 22.7 Å². The third-order valence-corrected chi connectivity index (χ3v) is 0. The Balaban J connectivity index is -0.0000000112. The first-order valence-corrected chi connectivity index (χ1v) is 3.19. The van der Waals surface area contributed by atoms with E-state index in [-0.39, 0.29) is 111 Å². The molecule has 0 saturated heterocycles. The molecule has 0 aromatic rings. The summed E-state index contributed by atoms with van der Waals surface area (Å²) >= 11 is -5.22. The summed E-state index contributed by atoms with van der Waals surface area (Å²) in [7, 11) is 0. The van der Waals surface area contributed by atoms with Crippen LogP contribution in [-0.4, -0.2) is 115 Å². The van der Waals surface area contributed by atoms with Gasteiger partial charge in [0.1, 0.15) is 0 Å². The van der Waals surface area contributed by atoms with E-state index in [4.69, 9.17) is 26.6 Å². The van der Waals surface area contributed by atoms with E-state index in [9.17, 15) is 0 Å². The van der Waals surface area contributed by atoms with Gasteiger partial charge in [-0.15, -0.1) is 0 Å². The van der Waals surface area contributed by atoms with Gasteiger partial charge in [0.15, 0.2) is 0 Å². The fourth-order valence-corrected chi connectivity index (χ4v) is 0. The van der Waals surface area contributed by atoms with Crippen LogP contribution in [0.4, 0.5) is 0 Å². The van der Waals surface area contributed by atoms with Crippen LogP contribution >= 0.6 is 0 Å². The van der Waals surface area contributed by atoms with Crippen LogP contribution in [0.1, 0.15) is 0 Å². The van der Waals surface area contributed by atoms with Crippen LogP contribution in [0.3, 0.4) is 0 Å². The Kier molecular flexibility index (Phi) is 88.2. The monoisotopic (exact) mass is 430 g/mol. The van der Waals surface area contributed by atoms with E-state index in [1.807, 2.05) is 0 Å². The van der Waals surface area contributed by atoms with Gasteiger partial charge in [0.2, 0.25) is 0 Å². The van der Waals surface area contributed by atoms with E-state index >= 15 is 0 Å². The van der Waals surface area contributed by atoms with E-state index < -0.39 is 22.7 Å². The molecule has 0 aromatic carbocycles. The maximum absolute atomic E-state index is 8.67. The molecular weight excluding hydrogens is 426 g/mol. The summed E-state index contributed by atoms with van der Waals surface area (Å²) < 4.78 is 45.7. The second-order valence-electron chi connectivity index (χ2n) is 0.461. The van der Waals surface area contributed by atoms with E-state index in [0.717, 1.165) is 0 Å². The summed E-state index contributed by atoms with van der Waals surface area (Å²) in [5.41, 5.74) is 0. The maximum atomic E-state index is 8.67. The topological polar surface area (TPSA) is 115 Å². The molecule has 0 heterocycles. The van der Waals surface area contributed by atoms with Gasteiger partial charge in [0, 0.05) is 111 Å². The molecular formula is H4AuNa3O6S2. The van der Waals surface area contributed by atoms with Crippen molar-refractivity contribution in [1.29, 1.82) is 0 Å². The minimum absolute atomic E-state index is 0. The molecule has 0 saturated carbocycles. The molecule has 0 aliphatic carbocycles. The first-order valence-electron chi connectivity index (χ1n) is 1.06. The summed E-state index contributed by atoms with van der Waals surface area (Å²) in [6.45, 7) is 0. The zero-order valence-electron chi connectivity index (χ0n) is 6.72. The first-order chi connectivity index (χ1) is 3.46. The molecule has 0 aromatic heterocycles. The summed E-state index contributed by atoms with van der Waals surface area (Å²) in [6, 6.07) is 0. The summed E-state index contributed by atoms with van der Waals surface area (Å²) in [4.78, 5) is 0. The van der Waals surface area contributed by atoms with Crippen molar-refractivity contribution in [3.8, 4) is 0 Å². The van der Waals surface area contributed by atoms with Crippen LogP contribution in [0.5, 0.6) is 0 Å². The third-order valence-electron chi connectivity index (χ3n) is 0. The first kappa shape index (κ1) is 36.0. The molecule has 4 N–H and O–H groups in total. The van der Waals surface area contributed by atoms with Crippen molar-refractivity contribution in [2.24, 2.45) is 0 Å². The van der Waals surface area contributed by atoms with Gasteiger partial charge in [-0.3, -0.25) is 18.2 Å². The second kappa shape index (κ2) is 29.4. The van der Waals surface area contributed by atoms with Crippen LogP contribution in [0, 0.1) is 0 Å². The van der Waals surface area contributed by atoms with Crippen molar-refractivity contribution >= 4 is 111 Å². The van der Waals surface area contributed by atoms with E-state index in [2.05, 4.69) is 0 Å². The van der Waals surface area contributed by atoms with Gasteiger partial charge in [-0.25, -0.2) is 0 Å². The van der Waals surface area contributed by atoms with Gasteiger partial charge in [0.05, 0.1) is 0 Å². The Bertz CT molecular complexity index is 78.8. The quantitative estimate of drug-likeness (QED) is 0.267. The molecule has 6 nitrogen and oxygen atoms in total. The predicted octanol–water partition coefficient (Wildman–Crippen LogP) is -1.78. The molecule has 0 rings (SSSR count). The van der Waals surface area contributed by atoms with Crippen molar-refractivity contribution in [1.82, 2.24) is 0 Å². The molecule has 0 amide bonds. The molecule has 0 atom stereocenters. The molecule has 0 spiro atoms. The average molecular weight is 430 g/mol. The Morgan fingerprint density at radius 2 is 0.667 bits per heavy atom. The van der Waals surface area contributed by atoms with Crippen LogP contribution in [0.15, 0.2) is 0 Å². The van der Waals surface area contributed by atoms with Crippen molar-refractivity contribution in [3.05, 3.63) is 0 Å². The molecule has 0 bridgehead atoms. The second-order valence-corrected chi connectivity index (χ2v) is 1.38. The Morgan fingerprint density at radius 1 is 0.667 bits per heavy atom. The molecule has 0 unspecified atom stereocenters. The molecule has 0 aliphatic heterocycles. The van der Waals surface area contributed by atoms with Crippen LogP contribution in [0.25, 0.3) is 0 Å². The summed E-state index contributed by atoms with van der Waals surface area (Å²) in [5, 5.41) is 0. The maximum Gasteiger partial charge on any atom is 0.299 e. The Labute approximate surface area is 157 Å². The van der Waals surface area contributed by atoms with Crippen LogP contribution in [0.2, 0.25) is 0 Å². The molecule has 66 valence electrons. The zero-order chi connectivity index (χ0) is 7.15. The molecule has 0 aliphatic rings. The SMILES string of the molecule is O=S(O)O.O=S(O)O.[Au].[Na].[Na].[Na].